The van der Waals surface area contributed by atoms with E-state index in [2.05, 4.69) is 63.3 Å². The molecular weight excluding hydrogens is 388 g/mol. The summed E-state index contributed by atoms with van der Waals surface area (Å²) in [5.41, 5.74) is 2.43. The Morgan fingerprint density at radius 1 is 0.962 bits per heavy atom. The minimum atomic E-state index is 0.264. The predicted molar refractivity (Wildman–Crippen MR) is 111 cm³/mol. The van der Waals surface area contributed by atoms with E-state index < -0.39 is 0 Å². The van der Waals surface area contributed by atoms with Crippen LogP contribution in [-0.2, 0) is 11.2 Å². The van der Waals surface area contributed by atoms with Gasteiger partial charge in [0.25, 0.3) is 0 Å². The number of carbonyl (C=O) groups excluding carboxylic acids is 1. The molecule has 1 heterocycles. The first-order valence-corrected chi connectivity index (χ1v) is 9.97. The minimum Gasteiger partial charge on any atom is -0.340 e. The van der Waals surface area contributed by atoms with Crippen molar-refractivity contribution in [3.63, 3.8) is 0 Å². The van der Waals surface area contributed by atoms with Crippen molar-refractivity contribution >= 4 is 27.9 Å². The number of hydrogen-bond acceptors (Lipinski definition) is 2. The Morgan fingerprint density at radius 3 is 2.38 bits per heavy atom. The van der Waals surface area contributed by atoms with Gasteiger partial charge in [-0.3, -0.25) is 9.69 Å². The number of rotatable bonds is 6. The molecule has 0 unspecified atom stereocenters. The van der Waals surface area contributed by atoms with Crippen molar-refractivity contribution in [2.45, 2.75) is 12.8 Å². The summed E-state index contributed by atoms with van der Waals surface area (Å²) in [7, 11) is 0. The minimum absolute atomic E-state index is 0.264. The first kappa shape index (κ1) is 18.9. The van der Waals surface area contributed by atoms with Gasteiger partial charge in [-0.15, -0.1) is 0 Å². The Morgan fingerprint density at radius 2 is 1.65 bits per heavy atom. The second kappa shape index (κ2) is 9.70. The van der Waals surface area contributed by atoms with Crippen LogP contribution in [0.15, 0.2) is 65.1 Å². The lowest BCUT2D eigenvalue weighted by Gasteiger charge is -2.34. The molecule has 2 aromatic rings. The summed E-state index contributed by atoms with van der Waals surface area (Å²) in [5.74, 6) is 0.264. The summed E-state index contributed by atoms with van der Waals surface area (Å²) < 4.78 is 1.09. The number of benzene rings is 2. The number of halogens is 1. The standard InChI is InChI=1S/C22H25BrN2O/c23-21-11-5-4-10-20(21)12-13-22(26)25-17-15-24(16-18-25)14-6-9-19-7-2-1-3-8-19/h1-11H,12-18H2/b9-6+. The molecule has 0 radical (unpaired) electrons. The van der Waals surface area contributed by atoms with E-state index >= 15 is 0 Å². The number of amides is 1. The largest absolute Gasteiger partial charge is 0.340 e. The van der Waals surface area contributed by atoms with Crippen molar-refractivity contribution in [1.82, 2.24) is 9.80 Å². The number of aryl methyl sites for hydroxylation is 1. The Kier molecular flexibility index (Phi) is 7.04. The maximum Gasteiger partial charge on any atom is 0.222 e. The summed E-state index contributed by atoms with van der Waals surface area (Å²) in [5, 5.41) is 0. The Balaban J connectivity index is 1.39. The number of hydrogen-bond donors (Lipinski definition) is 0. The lowest BCUT2D eigenvalue weighted by Crippen LogP contribution is -2.48. The average molecular weight is 413 g/mol. The highest BCUT2D eigenvalue weighted by Gasteiger charge is 2.20. The van der Waals surface area contributed by atoms with E-state index in [-0.39, 0.29) is 5.91 Å². The summed E-state index contributed by atoms with van der Waals surface area (Å²) in [6, 6.07) is 18.5. The molecule has 26 heavy (non-hydrogen) atoms. The zero-order valence-electron chi connectivity index (χ0n) is 15.0. The van der Waals surface area contributed by atoms with Crippen molar-refractivity contribution in [2.24, 2.45) is 0 Å². The number of piperazine rings is 1. The Labute approximate surface area is 164 Å². The van der Waals surface area contributed by atoms with Crippen LogP contribution < -0.4 is 0 Å². The fraction of sp³-hybridized carbons (Fsp3) is 0.318. The number of nitrogens with zero attached hydrogens (tertiary/aromatic N) is 2. The van der Waals surface area contributed by atoms with Gasteiger partial charge in [0.1, 0.15) is 0 Å². The molecular formula is C22H25BrN2O. The van der Waals surface area contributed by atoms with Crippen molar-refractivity contribution in [3.8, 4) is 0 Å². The Bertz CT molecular complexity index is 737. The second-order valence-corrected chi connectivity index (χ2v) is 7.44. The van der Waals surface area contributed by atoms with Crippen LogP contribution in [0.3, 0.4) is 0 Å². The van der Waals surface area contributed by atoms with Gasteiger partial charge in [0.2, 0.25) is 5.91 Å². The zero-order valence-corrected chi connectivity index (χ0v) is 16.6. The summed E-state index contributed by atoms with van der Waals surface area (Å²) in [4.78, 5) is 16.9. The molecule has 3 nitrogen and oxygen atoms in total. The lowest BCUT2D eigenvalue weighted by molar-refractivity contribution is -0.132. The number of carbonyl (C=O) groups is 1. The normalized spacial score (nSPS) is 15.5. The van der Waals surface area contributed by atoms with E-state index in [0.29, 0.717) is 6.42 Å². The summed E-state index contributed by atoms with van der Waals surface area (Å²) >= 11 is 3.55. The van der Waals surface area contributed by atoms with Gasteiger partial charge < -0.3 is 4.90 Å². The molecule has 1 fully saturated rings. The molecule has 1 aliphatic heterocycles. The molecule has 0 N–H and O–H groups in total. The zero-order chi connectivity index (χ0) is 18.2. The Hall–Kier alpha value is -1.91. The molecule has 0 aliphatic carbocycles. The van der Waals surface area contributed by atoms with Crippen LogP contribution in [-0.4, -0.2) is 48.4 Å². The third-order valence-electron chi connectivity index (χ3n) is 4.76. The van der Waals surface area contributed by atoms with E-state index in [9.17, 15) is 4.79 Å². The van der Waals surface area contributed by atoms with E-state index in [1.165, 1.54) is 11.1 Å². The van der Waals surface area contributed by atoms with Gasteiger partial charge in [-0.05, 0) is 23.6 Å². The van der Waals surface area contributed by atoms with Crippen LogP contribution in [0.1, 0.15) is 17.5 Å². The molecule has 0 atom stereocenters. The molecule has 1 aliphatic rings. The smallest absolute Gasteiger partial charge is 0.222 e. The second-order valence-electron chi connectivity index (χ2n) is 6.59. The van der Waals surface area contributed by atoms with Crippen LogP contribution in [0.5, 0.6) is 0 Å². The van der Waals surface area contributed by atoms with E-state index in [1.54, 1.807) is 0 Å². The molecule has 4 heteroatoms. The van der Waals surface area contributed by atoms with Gasteiger partial charge in [-0.1, -0.05) is 76.6 Å². The van der Waals surface area contributed by atoms with E-state index in [4.69, 9.17) is 0 Å². The van der Waals surface area contributed by atoms with Crippen LogP contribution in [0.25, 0.3) is 6.08 Å². The van der Waals surface area contributed by atoms with Crippen LogP contribution >= 0.6 is 15.9 Å². The van der Waals surface area contributed by atoms with E-state index in [1.807, 2.05) is 29.2 Å². The molecule has 0 saturated carbocycles. The monoisotopic (exact) mass is 412 g/mol. The van der Waals surface area contributed by atoms with Crippen LogP contribution in [0, 0.1) is 0 Å². The maximum absolute atomic E-state index is 12.5. The highest BCUT2D eigenvalue weighted by molar-refractivity contribution is 9.10. The molecule has 0 spiro atoms. The third-order valence-corrected chi connectivity index (χ3v) is 5.54. The van der Waals surface area contributed by atoms with Crippen molar-refractivity contribution in [2.75, 3.05) is 32.7 Å². The summed E-state index contributed by atoms with van der Waals surface area (Å²) in [6.07, 6.45) is 5.74. The summed E-state index contributed by atoms with van der Waals surface area (Å²) in [6.45, 7) is 4.48. The molecule has 3 rings (SSSR count). The highest BCUT2D eigenvalue weighted by atomic mass is 79.9. The molecule has 2 aromatic carbocycles. The maximum atomic E-state index is 12.5. The molecule has 1 amide bonds. The van der Waals surface area contributed by atoms with Crippen molar-refractivity contribution in [1.29, 1.82) is 0 Å². The van der Waals surface area contributed by atoms with Gasteiger partial charge in [0, 0.05) is 43.6 Å². The molecule has 136 valence electrons. The fourth-order valence-electron chi connectivity index (χ4n) is 3.18. The molecule has 0 aromatic heterocycles. The predicted octanol–water partition coefficient (Wildman–Crippen LogP) is 4.24. The lowest BCUT2D eigenvalue weighted by atomic mass is 10.1. The van der Waals surface area contributed by atoms with Gasteiger partial charge >= 0.3 is 0 Å². The van der Waals surface area contributed by atoms with Crippen LogP contribution in [0.2, 0.25) is 0 Å². The van der Waals surface area contributed by atoms with Gasteiger partial charge in [0.05, 0.1) is 0 Å². The third kappa shape index (κ3) is 5.55. The SMILES string of the molecule is O=C(CCc1ccccc1Br)N1CCN(C/C=C/c2ccccc2)CC1. The van der Waals surface area contributed by atoms with Gasteiger partial charge in [-0.2, -0.15) is 0 Å². The first-order valence-electron chi connectivity index (χ1n) is 9.17. The first-order chi connectivity index (χ1) is 12.7. The molecule has 0 bridgehead atoms. The molecule has 1 saturated heterocycles. The van der Waals surface area contributed by atoms with Crippen molar-refractivity contribution < 1.29 is 4.79 Å². The van der Waals surface area contributed by atoms with E-state index in [0.717, 1.165) is 43.6 Å². The highest BCUT2D eigenvalue weighted by Crippen LogP contribution is 2.18. The van der Waals surface area contributed by atoms with Gasteiger partial charge in [0.15, 0.2) is 0 Å². The van der Waals surface area contributed by atoms with Crippen molar-refractivity contribution in [3.05, 3.63) is 76.3 Å². The average Bonchev–Trinajstić information content (AvgIpc) is 2.68. The quantitative estimate of drug-likeness (QED) is 0.708. The fourth-order valence-corrected chi connectivity index (χ4v) is 3.67. The van der Waals surface area contributed by atoms with Crippen LogP contribution in [0.4, 0.5) is 0 Å². The topological polar surface area (TPSA) is 23.6 Å². The van der Waals surface area contributed by atoms with Gasteiger partial charge in [-0.25, -0.2) is 0 Å².